The van der Waals surface area contributed by atoms with Crippen molar-refractivity contribution >= 4 is 17.8 Å². The summed E-state index contributed by atoms with van der Waals surface area (Å²) in [6.07, 6.45) is 3.74. The fraction of sp³-hybridized carbons (Fsp3) is 0.650. The molecule has 1 aliphatic heterocycles. The van der Waals surface area contributed by atoms with E-state index in [-0.39, 0.29) is 30.4 Å². The predicted molar refractivity (Wildman–Crippen MR) is 101 cm³/mol. The van der Waals surface area contributed by atoms with Crippen molar-refractivity contribution in [3.8, 4) is 0 Å². The highest BCUT2D eigenvalue weighted by atomic mass is 16.5. The van der Waals surface area contributed by atoms with Crippen LogP contribution in [0.1, 0.15) is 78.6 Å². The number of aryl methyl sites for hydroxylation is 1. The lowest BCUT2D eigenvalue weighted by molar-refractivity contribution is -0.138. The minimum Gasteiger partial charge on any atom is -0.459 e. The molecule has 1 atom stereocenters. The van der Waals surface area contributed by atoms with Crippen molar-refractivity contribution in [2.24, 2.45) is 0 Å². The van der Waals surface area contributed by atoms with Crippen LogP contribution in [0.5, 0.6) is 0 Å². The normalized spacial score (nSPS) is 17.1. The molecule has 0 bridgehead atoms. The van der Waals surface area contributed by atoms with Gasteiger partial charge < -0.3 is 19.4 Å². The molecule has 1 aromatic rings. The van der Waals surface area contributed by atoms with Crippen LogP contribution in [-0.4, -0.2) is 53.0 Å². The van der Waals surface area contributed by atoms with Crippen LogP contribution in [0.15, 0.2) is 0 Å². The number of hydrogen-bond acceptors (Lipinski definition) is 5. The fourth-order valence-electron chi connectivity index (χ4n) is 3.57. The van der Waals surface area contributed by atoms with E-state index in [2.05, 4.69) is 11.9 Å². The number of H-pyrrole nitrogens is 1. The van der Waals surface area contributed by atoms with Gasteiger partial charge in [-0.1, -0.05) is 6.92 Å². The molecule has 0 aromatic carbocycles. The maximum Gasteiger partial charge on any atom is 0.355 e. The van der Waals surface area contributed by atoms with Crippen LogP contribution in [0.3, 0.4) is 0 Å². The van der Waals surface area contributed by atoms with Crippen molar-refractivity contribution in [3.63, 3.8) is 0 Å². The summed E-state index contributed by atoms with van der Waals surface area (Å²) in [5, 5.41) is 0. The van der Waals surface area contributed by atoms with Gasteiger partial charge >= 0.3 is 11.9 Å². The SMILES string of the molecule is CC[C@@H]1CCCCN1C(=O)COC(=O)c1[nH]c(C)c(C(=O)OC(C)C)c1C. The molecule has 27 heavy (non-hydrogen) atoms. The van der Waals surface area contributed by atoms with Crippen molar-refractivity contribution < 1.29 is 23.9 Å². The molecular formula is C20H30N2O5. The molecule has 7 nitrogen and oxygen atoms in total. The predicted octanol–water partition coefficient (Wildman–Crippen LogP) is 3.14. The molecule has 0 unspecified atom stereocenters. The number of nitrogens with zero attached hydrogens (tertiary/aromatic N) is 1. The number of aromatic nitrogens is 1. The number of likely N-dealkylation sites (tertiary alicyclic amines) is 1. The molecule has 1 amide bonds. The summed E-state index contributed by atoms with van der Waals surface area (Å²) in [4.78, 5) is 41.8. The van der Waals surface area contributed by atoms with Crippen LogP contribution in [0.4, 0.5) is 0 Å². The van der Waals surface area contributed by atoms with E-state index in [1.807, 2.05) is 4.90 Å². The van der Waals surface area contributed by atoms with Crippen molar-refractivity contribution in [1.29, 1.82) is 0 Å². The third-order valence-corrected chi connectivity index (χ3v) is 4.93. The van der Waals surface area contributed by atoms with Crippen molar-refractivity contribution in [2.75, 3.05) is 13.2 Å². The van der Waals surface area contributed by atoms with Gasteiger partial charge in [0.05, 0.1) is 11.7 Å². The number of amides is 1. The Kier molecular flexibility index (Phi) is 7.05. The van der Waals surface area contributed by atoms with Gasteiger partial charge in [0.25, 0.3) is 5.91 Å². The number of hydrogen-bond donors (Lipinski definition) is 1. The lowest BCUT2D eigenvalue weighted by atomic mass is 10.00. The average Bonchev–Trinajstić information content (AvgIpc) is 2.93. The van der Waals surface area contributed by atoms with Gasteiger partial charge in [0.15, 0.2) is 6.61 Å². The number of nitrogens with one attached hydrogen (secondary N) is 1. The zero-order valence-electron chi connectivity index (χ0n) is 16.9. The van der Waals surface area contributed by atoms with Crippen LogP contribution in [0.2, 0.25) is 0 Å². The first-order valence-electron chi connectivity index (χ1n) is 9.62. The Morgan fingerprint density at radius 1 is 1.19 bits per heavy atom. The monoisotopic (exact) mass is 378 g/mol. The number of ether oxygens (including phenoxy) is 2. The second-order valence-electron chi connectivity index (χ2n) is 7.30. The molecule has 1 N–H and O–H groups in total. The molecule has 2 heterocycles. The molecular weight excluding hydrogens is 348 g/mol. The average molecular weight is 378 g/mol. The summed E-state index contributed by atoms with van der Waals surface area (Å²) in [7, 11) is 0. The van der Waals surface area contributed by atoms with Crippen LogP contribution in [0.25, 0.3) is 0 Å². The maximum absolute atomic E-state index is 12.5. The number of piperidine rings is 1. The quantitative estimate of drug-likeness (QED) is 0.768. The van der Waals surface area contributed by atoms with Gasteiger partial charge in [0, 0.05) is 18.3 Å². The second kappa shape index (κ2) is 9.06. The maximum atomic E-state index is 12.5. The van der Waals surface area contributed by atoms with Crippen molar-refractivity contribution in [1.82, 2.24) is 9.88 Å². The van der Waals surface area contributed by atoms with Gasteiger partial charge in [-0.3, -0.25) is 4.79 Å². The summed E-state index contributed by atoms with van der Waals surface area (Å²) in [5.41, 5.74) is 1.53. The summed E-state index contributed by atoms with van der Waals surface area (Å²) >= 11 is 0. The summed E-state index contributed by atoms with van der Waals surface area (Å²) in [5.74, 6) is -1.29. The first-order valence-corrected chi connectivity index (χ1v) is 9.62. The molecule has 0 aliphatic carbocycles. The van der Waals surface area contributed by atoms with Gasteiger partial charge in [0.2, 0.25) is 0 Å². The summed E-state index contributed by atoms with van der Waals surface area (Å²) in [6, 6.07) is 0.219. The Hall–Kier alpha value is -2.31. The number of carbonyl (C=O) groups excluding carboxylic acids is 3. The van der Waals surface area contributed by atoms with E-state index in [0.717, 1.165) is 25.7 Å². The van der Waals surface area contributed by atoms with E-state index < -0.39 is 11.9 Å². The highest BCUT2D eigenvalue weighted by Gasteiger charge is 2.28. The Morgan fingerprint density at radius 3 is 2.52 bits per heavy atom. The van der Waals surface area contributed by atoms with Crippen LogP contribution >= 0.6 is 0 Å². The van der Waals surface area contributed by atoms with E-state index in [1.165, 1.54) is 0 Å². The topological polar surface area (TPSA) is 88.7 Å². The minimum absolute atomic E-state index is 0.171. The van der Waals surface area contributed by atoms with Crippen molar-refractivity contribution in [2.45, 2.75) is 72.4 Å². The molecule has 2 rings (SSSR count). The third-order valence-electron chi connectivity index (χ3n) is 4.93. The second-order valence-corrected chi connectivity index (χ2v) is 7.30. The summed E-state index contributed by atoms with van der Waals surface area (Å²) < 4.78 is 10.5. The molecule has 150 valence electrons. The molecule has 0 spiro atoms. The molecule has 1 fully saturated rings. The van der Waals surface area contributed by atoms with Gasteiger partial charge in [-0.05, 0) is 58.9 Å². The lowest BCUT2D eigenvalue weighted by Gasteiger charge is -2.35. The van der Waals surface area contributed by atoms with Gasteiger partial charge in [0.1, 0.15) is 5.69 Å². The third kappa shape index (κ3) is 4.90. The largest absolute Gasteiger partial charge is 0.459 e. The van der Waals surface area contributed by atoms with E-state index in [1.54, 1.807) is 27.7 Å². The van der Waals surface area contributed by atoms with E-state index >= 15 is 0 Å². The number of carbonyl (C=O) groups is 3. The van der Waals surface area contributed by atoms with Crippen molar-refractivity contribution in [3.05, 3.63) is 22.5 Å². The molecule has 0 saturated carbocycles. The molecule has 7 heteroatoms. The minimum atomic E-state index is -0.641. The Labute approximate surface area is 160 Å². The number of aromatic amines is 1. The fourth-order valence-corrected chi connectivity index (χ4v) is 3.57. The molecule has 1 saturated heterocycles. The zero-order valence-corrected chi connectivity index (χ0v) is 16.9. The standard InChI is InChI=1S/C20H30N2O5/c1-6-15-9-7-8-10-22(15)16(23)11-26-20(25)18-13(4)17(14(5)21-18)19(24)27-12(2)3/h12,15,21H,6-11H2,1-5H3/t15-/m1/s1. The Bertz CT molecular complexity index is 707. The smallest absolute Gasteiger partial charge is 0.355 e. The zero-order chi connectivity index (χ0) is 20.1. The first kappa shape index (κ1) is 21.0. The molecule has 1 aliphatic rings. The highest BCUT2D eigenvalue weighted by Crippen LogP contribution is 2.22. The number of esters is 2. The van der Waals surface area contributed by atoms with Crippen LogP contribution < -0.4 is 0 Å². The Morgan fingerprint density at radius 2 is 1.89 bits per heavy atom. The van der Waals surface area contributed by atoms with Gasteiger partial charge in [-0.15, -0.1) is 0 Å². The van der Waals surface area contributed by atoms with E-state index in [9.17, 15) is 14.4 Å². The lowest BCUT2D eigenvalue weighted by Crippen LogP contribution is -2.45. The van der Waals surface area contributed by atoms with Crippen LogP contribution in [0, 0.1) is 13.8 Å². The van der Waals surface area contributed by atoms with E-state index in [4.69, 9.17) is 9.47 Å². The highest BCUT2D eigenvalue weighted by molar-refractivity contribution is 5.99. The number of rotatable bonds is 6. The van der Waals surface area contributed by atoms with E-state index in [0.29, 0.717) is 23.4 Å². The Balaban J connectivity index is 2.04. The summed E-state index contributed by atoms with van der Waals surface area (Å²) in [6.45, 7) is 9.37. The van der Waals surface area contributed by atoms with Gasteiger partial charge in [-0.25, -0.2) is 9.59 Å². The van der Waals surface area contributed by atoms with Crippen LogP contribution in [-0.2, 0) is 14.3 Å². The molecule has 1 aromatic heterocycles. The first-order chi connectivity index (χ1) is 12.8. The molecule has 0 radical (unpaired) electrons. The van der Waals surface area contributed by atoms with Gasteiger partial charge in [-0.2, -0.15) is 0 Å².